The lowest BCUT2D eigenvalue weighted by Crippen LogP contribution is -2.41. The maximum Gasteiger partial charge on any atom is 0.311 e. The molecule has 0 aliphatic carbocycles. The fourth-order valence-corrected chi connectivity index (χ4v) is 3.16. The van der Waals surface area contributed by atoms with Crippen LogP contribution in [-0.4, -0.2) is 35.4 Å². The molecule has 3 aromatic rings. The highest BCUT2D eigenvalue weighted by molar-refractivity contribution is 7.13. The molecule has 0 radical (unpaired) electrons. The van der Waals surface area contributed by atoms with Gasteiger partial charge in [-0.1, -0.05) is 18.2 Å². The van der Waals surface area contributed by atoms with Crippen LogP contribution in [-0.2, 0) is 20.7 Å². The van der Waals surface area contributed by atoms with E-state index in [2.05, 4.69) is 15.6 Å². The summed E-state index contributed by atoms with van der Waals surface area (Å²) >= 11 is 1.19. The van der Waals surface area contributed by atoms with Crippen LogP contribution in [0.2, 0.25) is 0 Å². The van der Waals surface area contributed by atoms with Crippen molar-refractivity contribution >= 4 is 45.2 Å². The van der Waals surface area contributed by atoms with Crippen LogP contribution in [0.4, 0.5) is 5.13 Å². The van der Waals surface area contributed by atoms with Gasteiger partial charge in [0.25, 0.3) is 5.91 Å². The smallest absolute Gasteiger partial charge is 0.311 e. The fourth-order valence-electron chi connectivity index (χ4n) is 2.45. The number of furan rings is 1. The number of aromatic nitrogens is 1. The number of nitrogens with one attached hydrogen (secondary N) is 2. The molecular formula is C19H19N3O5S. The first kappa shape index (κ1) is 19.6. The monoisotopic (exact) mass is 401 g/mol. The molecule has 0 fully saturated rings. The van der Waals surface area contributed by atoms with E-state index >= 15 is 0 Å². The lowest BCUT2D eigenvalue weighted by atomic mass is 10.2. The van der Waals surface area contributed by atoms with Crippen LogP contribution in [0.25, 0.3) is 11.0 Å². The van der Waals surface area contributed by atoms with Crippen molar-refractivity contribution in [1.29, 1.82) is 0 Å². The minimum absolute atomic E-state index is 0.0402. The first-order valence-corrected chi connectivity index (χ1v) is 9.54. The third-order valence-electron chi connectivity index (χ3n) is 3.80. The lowest BCUT2D eigenvalue weighted by Gasteiger charge is -2.11. The van der Waals surface area contributed by atoms with Gasteiger partial charge in [-0.15, -0.1) is 11.3 Å². The Kier molecular flexibility index (Phi) is 6.05. The van der Waals surface area contributed by atoms with Crippen molar-refractivity contribution in [2.75, 3.05) is 11.9 Å². The van der Waals surface area contributed by atoms with Crippen LogP contribution < -0.4 is 10.6 Å². The molecule has 0 spiro atoms. The number of amides is 2. The molecule has 0 bridgehead atoms. The molecule has 0 saturated heterocycles. The van der Waals surface area contributed by atoms with Crippen molar-refractivity contribution < 1.29 is 23.5 Å². The molecular weight excluding hydrogens is 382 g/mol. The Labute approximate surface area is 164 Å². The summed E-state index contributed by atoms with van der Waals surface area (Å²) in [6, 6.07) is 8.07. The van der Waals surface area contributed by atoms with Crippen LogP contribution in [0.1, 0.15) is 30.1 Å². The molecule has 0 aliphatic rings. The van der Waals surface area contributed by atoms with Gasteiger partial charge in [-0.3, -0.25) is 14.4 Å². The Balaban J connectivity index is 1.56. The average molecular weight is 401 g/mol. The topological polar surface area (TPSA) is 111 Å². The largest absolute Gasteiger partial charge is 0.466 e. The minimum atomic E-state index is -0.807. The summed E-state index contributed by atoms with van der Waals surface area (Å²) in [5.74, 6) is -1.16. The summed E-state index contributed by atoms with van der Waals surface area (Å²) in [4.78, 5) is 40.3. The van der Waals surface area contributed by atoms with E-state index in [1.807, 2.05) is 18.2 Å². The van der Waals surface area contributed by atoms with Gasteiger partial charge in [-0.05, 0) is 26.0 Å². The van der Waals surface area contributed by atoms with Gasteiger partial charge >= 0.3 is 5.97 Å². The predicted octanol–water partition coefficient (Wildman–Crippen LogP) is 2.75. The number of rotatable bonds is 7. The second kappa shape index (κ2) is 8.66. The van der Waals surface area contributed by atoms with E-state index < -0.39 is 17.9 Å². The van der Waals surface area contributed by atoms with Crippen LogP contribution in [0.3, 0.4) is 0 Å². The van der Waals surface area contributed by atoms with Gasteiger partial charge in [0.15, 0.2) is 10.9 Å². The van der Waals surface area contributed by atoms with E-state index in [0.717, 1.165) is 5.39 Å². The van der Waals surface area contributed by atoms with Crippen molar-refractivity contribution in [3.63, 3.8) is 0 Å². The Hall–Kier alpha value is -3.20. The number of hydrogen-bond donors (Lipinski definition) is 2. The summed E-state index contributed by atoms with van der Waals surface area (Å²) < 4.78 is 10.4. The van der Waals surface area contributed by atoms with Gasteiger partial charge in [-0.25, -0.2) is 4.98 Å². The number of hydrogen-bond acceptors (Lipinski definition) is 7. The Morgan fingerprint density at radius 3 is 2.82 bits per heavy atom. The molecule has 0 saturated carbocycles. The molecule has 2 heterocycles. The lowest BCUT2D eigenvalue weighted by molar-refractivity contribution is -0.142. The maximum atomic E-state index is 12.3. The third kappa shape index (κ3) is 4.74. The number of thiazole rings is 1. The summed E-state index contributed by atoms with van der Waals surface area (Å²) in [5, 5.41) is 8.03. The van der Waals surface area contributed by atoms with E-state index in [1.165, 1.54) is 11.3 Å². The van der Waals surface area contributed by atoms with Crippen molar-refractivity contribution in [2.24, 2.45) is 0 Å². The number of carbonyl (C=O) groups is 3. The van der Waals surface area contributed by atoms with E-state index in [1.54, 1.807) is 31.4 Å². The standard InChI is InChI=1S/C19H19N3O5S/c1-3-26-16(23)9-13-10-28-19(21-13)22-17(24)11(2)20-18(25)15-8-12-6-4-5-7-14(12)27-15/h4-8,10-11H,3,9H2,1-2H3,(H,20,25)(H,21,22,24)/t11-/m0/s1. The highest BCUT2D eigenvalue weighted by atomic mass is 32.1. The fraction of sp³-hybridized carbons (Fsp3) is 0.263. The number of benzene rings is 1. The molecule has 3 rings (SSSR count). The molecule has 8 nitrogen and oxygen atoms in total. The molecule has 0 aliphatic heterocycles. The zero-order valence-corrected chi connectivity index (χ0v) is 16.2. The van der Waals surface area contributed by atoms with Crippen molar-refractivity contribution in [3.8, 4) is 0 Å². The molecule has 28 heavy (non-hydrogen) atoms. The van der Waals surface area contributed by atoms with Gasteiger partial charge in [-0.2, -0.15) is 0 Å². The number of nitrogens with zero attached hydrogens (tertiary/aromatic N) is 1. The van der Waals surface area contributed by atoms with E-state index in [-0.39, 0.29) is 18.2 Å². The molecule has 2 amide bonds. The van der Waals surface area contributed by atoms with Crippen LogP contribution in [0.5, 0.6) is 0 Å². The SMILES string of the molecule is CCOC(=O)Cc1csc(NC(=O)[C@H](C)NC(=O)c2cc3ccccc3o2)n1. The first-order chi connectivity index (χ1) is 13.5. The Bertz CT molecular complexity index is 977. The number of carbonyl (C=O) groups excluding carboxylic acids is 3. The summed E-state index contributed by atoms with van der Waals surface area (Å²) in [6.07, 6.45) is 0.0402. The molecule has 1 aromatic carbocycles. The average Bonchev–Trinajstić information content (AvgIpc) is 3.28. The number of fused-ring (bicyclic) bond motifs is 1. The van der Waals surface area contributed by atoms with Crippen molar-refractivity contribution in [1.82, 2.24) is 10.3 Å². The normalized spacial score (nSPS) is 11.8. The van der Waals surface area contributed by atoms with E-state index in [4.69, 9.17) is 9.15 Å². The zero-order valence-electron chi connectivity index (χ0n) is 15.4. The molecule has 2 N–H and O–H groups in total. The van der Waals surface area contributed by atoms with Crippen molar-refractivity contribution in [2.45, 2.75) is 26.3 Å². The number of para-hydroxylation sites is 1. The van der Waals surface area contributed by atoms with Gasteiger partial charge in [0.2, 0.25) is 5.91 Å². The number of anilines is 1. The number of ether oxygens (including phenoxy) is 1. The van der Waals surface area contributed by atoms with Crippen LogP contribution in [0.15, 0.2) is 40.1 Å². The molecule has 9 heteroatoms. The van der Waals surface area contributed by atoms with Gasteiger partial charge in [0.1, 0.15) is 11.6 Å². The highest BCUT2D eigenvalue weighted by Crippen LogP contribution is 2.19. The van der Waals surface area contributed by atoms with E-state index in [9.17, 15) is 14.4 Å². The van der Waals surface area contributed by atoms with E-state index in [0.29, 0.717) is 23.0 Å². The van der Waals surface area contributed by atoms with Gasteiger partial charge in [0.05, 0.1) is 18.7 Å². The maximum absolute atomic E-state index is 12.3. The third-order valence-corrected chi connectivity index (χ3v) is 4.61. The first-order valence-electron chi connectivity index (χ1n) is 8.66. The summed E-state index contributed by atoms with van der Waals surface area (Å²) in [7, 11) is 0. The summed E-state index contributed by atoms with van der Waals surface area (Å²) in [5.41, 5.74) is 1.11. The predicted molar refractivity (Wildman–Crippen MR) is 104 cm³/mol. The molecule has 0 unspecified atom stereocenters. The Morgan fingerprint density at radius 1 is 1.29 bits per heavy atom. The van der Waals surface area contributed by atoms with Crippen molar-refractivity contribution in [3.05, 3.63) is 47.2 Å². The molecule has 146 valence electrons. The number of esters is 1. The quantitative estimate of drug-likeness (QED) is 0.589. The highest BCUT2D eigenvalue weighted by Gasteiger charge is 2.20. The summed E-state index contributed by atoms with van der Waals surface area (Å²) in [6.45, 7) is 3.59. The van der Waals surface area contributed by atoms with Crippen LogP contribution in [0, 0.1) is 0 Å². The molecule has 2 aromatic heterocycles. The second-order valence-corrected chi connectivity index (χ2v) is 6.82. The Morgan fingerprint density at radius 2 is 2.07 bits per heavy atom. The van der Waals surface area contributed by atoms with Crippen LogP contribution >= 0.6 is 11.3 Å². The zero-order chi connectivity index (χ0) is 20.1. The minimum Gasteiger partial charge on any atom is -0.466 e. The van der Waals surface area contributed by atoms with Gasteiger partial charge < -0.3 is 19.8 Å². The molecule has 1 atom stereocenters. The van der Waals surface area contributed by atoms with Gasteiger partial charge in [0, 0.05) is 10.8 Å². The second-order valence-electron chi connectivity index (χ2n) is 5.96.